The van der Waals surface area contributed by atoms with Crippen molar-refractivity contribution < 1.29 is 27.8 Å². The van der Waals surface area contributed by atoms with E-state index in [9.17, 15) is 18.4 Å². The molecule has 1 N–H and O–H groups in total. The van der Waals surface area contributed by atoms with E-state index >= 15 is 0 Å². The number of halogens is 2. The van der Waals surface area contributed by atoms with E-state index < -0.39 is 18.4 Å². The molecule has 1 aromatic heterocycles. The smallest absolute Gasteiger partial charge is 0.387 e. The number of carbonyl (C=O) groups is 2. The van der Waals surface area contributed by atoms with Gasteiger partial charge in [-0.2, -0.15) is 8.78 Å². The molecule has 0 aliphatic carbocycles. The molecule has 11 heteroatoms. The van der Waals surface area contributed by atoms with Crippen LogP contribution in [0, 0.1) is 0 Å². The Bertz CT molecular complexity index is 754. The number of ether oxygens (including phenoxy) is 2. The Kier molecular flexibility index (Phi) is 7.27. The molecule has 0 atom stereocenters. The van der Waals surface area contributed by atoms with Crippen LogP contribution in [0.5, 0.6) is 10.9 Å². The number of alkyl halides is 2. The minimum Gasteiger partial charge on any atom is -0.466 e. The van der Waals surface area contributed by atoms with Crippen LogP contribution >= 0.6 is 23.1 Å². The third-order valence-corrected chi connectivity index (χ3v) is 4.59. The van der Waals surface area contributed by atoms with Crippen LogP contribution in [-0.4, -0.2) is 40.5 Å². The van der Waals surface area contributed by atoms with Crippen molar-refractivity contribution in [2.45, 2.75) is 30.9 Å². The molecule has 2 amide bonds. The van der Waals surface area contributed by atoms with Crippen LogP contribution in [0.3, 0.4) is 0 Å². The number of thioether (sulfide) groups is 1. The summed E-state index contributed by atoms with van der Waals surface area (Å²) in [5, 5.41) is 10.3. The lowest BCUT2D eigenvalue weighted by atomic mass is 10.2. The Balaban J connectivity index is 1.81. The van der Waals surface area contributed by atoms with Crippen molar-refractivity contribution in [2.75, 3.05) is 5.75 Å². The van der Waals surface area contributed by atoms with E-state index in [1.807, 2.05) is 13.8 Å². The molecule has 2 rings (SSSR count). The van der Waals surface area contributed by atoms with Crippen LogP contribution in [0.4, 0.5) is 8.78 Å². The second kappa shape index (κ2) is 9.43. The molecule has 0 spiro atoms. The quantitative estimate of drug-likeness (QED) is 0.678. The number of aromatic nitrogens is 2. The highest BCUT2D eigenvalue weighted by atomic mass is 32.2. The Morgan fingerprint density at radius 1 is 1.19 bits per heavy atom. The van der Waals surface area contributed by atoms with Crippen LogP contribution < -0.4 is 14.8 Å². The van der Waals surface area contributed by atoms with E-state index in [-0.39, 0.29) is 23.2 Å². The molecule has 1 aromatic carbocycles. The van der Waals surface area contributed by atoms with Gasteiger partial charge in [0.05, 0.1) is 11.9 Å². The highest BCUT2D eigenvalue weighted by Crippen LogP contribution is 2.27. The summed E-state index contributed by atoms with van der Waals surface area (Å²) in [7, 11) is 0. The number of carbonyl (C=O) groups excluding carboxylic acids is 2. The summed E-state index contributed by atoms with van der Waals surface area (Å²) in [5.74, 6) is -1.27. The van der Waals surface area contributed by atoms with Crippen molar-refractivity contribution in [3.8, 4) is 10.9 Å². The zero-order chi connectivity index (χ0) is 19.1. The fourth-order valence-electron chi connectivity index (χ4n) is 1.65. The molecule has 26 heavy (non-hydrogen) atoms. The molecule has 0 saturated heterocycles. The number of rotatable bonds is 8. The first-order chi connectivity index (χ1) is 12.3. The van der Waals surface area contributed by atoms with Gasteiger partial charge in [0.2, 0.25) is 5.91 Å². The predicted molar refractivity (Wildman–Crippen MR) is 91.9 cm³/mol. The molecule has 0 aliphatic rings. The van der Waals surface area contributed by atoms with Crippen molar-refractivity contribution >= 4 is 34.9 Å². The monoisotopic (exact) mass is 403 g/mol. The zero-order valence-corrected chi connectivity index (χ0v) is 15.4. The maximum Gasteiger partial charge on any atom is 0.387 e. The second-order valence-corrected chi connectivity index (χ2v) is 7.23. The number of nitrogens with zero attached hydrogens (tertiary/aromatic N) is 2. The normalized spacial score (nSPS) is 10.8. The molecule has 0 saturated carbocycles. The lowest BCUT2D eigenvalue weighted by Crippen LogP contribution is -2.31. The minimum atomic E-state index is -2.94. The van der Waals surface area contributed by atoms with Gasteiger partial charge >= 0.3 is 6.61 Å². The number of imide groups is 1. The number of amides is 2. The van der Waals surface area contributed by atoms with E-state index in [0.29, 0.717) is 9.53 Å². The first kappa shape index (κ1) is 20.0. The fourth-order valence-corrected chi connectivity index (χ4v) is 3.26. The minimum absolute atomic E-state index is 0.0285. The zero-order valence-electron chi connectivity index (χ0n) is 13.8. The van der Waals surface area contributed by atoms with Crippen molar-refractivity contribution in [1.29, 1.82) is 0 Å². The van der Waals surface area contributed by atoms with Crippen LogP contribution in [0.15, 0.2) is 28.6 Å². The summed E-state index contributed by atoms with van der Waals surface area (Å²) in [6, 6.07) is 5.01. The SMILES string of the molecule is CC(C)Oc1nnc(SCC(=O)NC(=O)c2ccc(OC(F)F)cc2)s1. The molecule has 1 heterocycles. The Morgan fingerprint density at radius 2 is 1.88 bits per heavy atom. The summed E-state index contributed by atoms with van der Waals surface area (Å²) < 4.78 is 34.3. The Hall–Kier alpha value is -2.27. The second-order valence-electron chi connectivity index (χ2n) is 5.07. The first-order valence-electron chi connectivity index (χ1n) is 7.35. The highest BCUT2D eigenvalue weighted by Gasteiger charge is 2.14. The van der Waals surface area contributed by atoms with Gasteiger partial charge in [-0.15, -0.1) is 5.10 Å². The fraction of sp³-hybridized carbons (Fsp3) is 0.333. The molecule has 0 radical (unpaired) electrons. The van der Waals surface area contributed by atoms with Crippen LogP contribution in [-0.2, 0) is 4.79 Å². The van der Waals surface area contributed by atoms with Gasteiger partial charge in [0.25, 0.3) is 11.1 Å². The van der Waals surface area contributed by atoms with E-state index in [4.69, 9.17) is 4.74 Å². The summed E-state index contributed by atoms with van der Waals surface area (Å²) in [5.41, 5.74) is 0.147. The van der Waals surface area contributed by atoms with Crippen molar-refractivity contribution in [3.63, 3.8) is 0 Å². The molecule has 0 aliphatic heterocycles. The standard InChI is InChI=1S/C15H15F2N3O4S2/c1-8(2)23-14-19-20-15(26-14)25-7-11(21)18-12(22)9-3-5-10(6-4-9)24-13(16)17/h3-6,8,13H,7H2,1-2H3,(H,18,21,22). The maximum absolute atomic E-state index is 12.1. The van der Waals surface area contributed by atoms with Crippen LogP contribution in [0.25, 0.3) is 0 Å². The van der Waals surface area contributed by atoms with Crippen LogP contribution in [0.1, 0.15) is 24.2 Å². The van der Waals surface area contributed by atoms with Crippen LogP contribution in [0.2, 0.25) is 0 Å². The Morgan fingerprint density at radius 3 is 2.50 bits per heavy atom. The van der Waals surface area contributed by atoms with Gasteiger partial charge in [-0.25, -0.2) is 0 Å². The number of nitrogens with one attached hydrogen (secondary N) is 1. The van der Waals surface area contributed by atoms with Gasteiger partial charge in [0.15, 0.2) is 4.34 Å². The molecule has 0 bridgehead atoms. The van der Waals surface area contributed by atoms with Gasteiger partial charge in [-0.3, -0.25) is 14.9 Å². The van der Waals surface area contributed by atoms with Crippen molar-refractivity contribution in [1.82, 2.24) is 15.5 Å². The molecular weight excluding hydrogens is 388 g/mol. The Labute approximate surface area is 156 Å². The van der Waals surface area contributed by atoms with E-state index in [2.05, 4.69) is 20.3 Å². The molecule has 0 fully saturated rings. The topological polar surface area (TPSA) is 90.4 Å². The number of benzene rings is 1. The summed E-state index contributed by atoms with van der Waals surface area (Å²) in [6.07, 6.45) is -0.0285. The lowest BCUT2D eigenvalue weighted by molar-refractivity contribution is -0.117. The average Bonchev–Trinajstić information content (AvgIpc) is 2.99. The van der Waals surface area contributed by atoms with Gasteiger partial charge in [0.1, 0.15) is 5.75 Å². The van der Waals surface area contributed by atoms with Crippen molar-refractivity contribution in [2.24, 2.45) is 0 Å². The van der Waals surface area contributed by atoms with E-state index in [1.165, 1.54) is 35.6 Å². The van der Waals surface area contributed by atoms with Gasteiger partial charge < -0.3 is 9.47 Å². The molecule has 7 nitrogen and oxygen atoms in total. The molecule has 0 unspecified atom stereocenters. The summed E-state index contributed by atoms with van der Waals surface area (Å²) >= 11 is 2.32. The van der Waals surface area contributed by atoms with Gasteiger partial charge in [-0.1, -0.05) is 16.9 Å². The average molecular weight is 403 g/mol. The molecular formula is C15H15F2N3O4S2. The van der Waals surface area contributed by atoms with Gasteiger partial charge in [-0.05, 0) is 49.4 Å². The number of hydrogen-bond acceptors (Lipinski definition) is 8. The molecule has 140 valence electrons. The van der Waals surface area contributed by atoms with Crippen molar-refractivity contribution in [3.05, 3.63) is 29.8 Å². The van der Waals surface area contributed by atoms with Gasteiger partial charge in [0, 0.05) is 5.56 Å². The van der Waals surface area contributed by atoms with E-state index in [1.54, 1.807) is 0 Å². The first-order valence-corrected chi connectivity index (χ1v) is 9.15. The highest BCUT2D eigenvalue weighted by molar-refractivity contribution is 8.01. The molecule has 2 aromatic rings. The predicted octanol–water partition coefficient (Wildman–Crippen LogP) is 2.98. The lowest BCUT2D eigenvalue weighted by Gasteiger charge is -2.06. The maximum atomic E-state index is 12.1. The largest absolute Gasteiger partial charge is 0.466 e. The summed E-state index contributed by atoms with van der Waals surface area (Å²) in [6.45, 7) is 0.777. The number of hydrogen-bond donors (Lipinski definition) is 1. The summed E-state index contributed by atoms with van der Waals surface area (Å²) in [4.78, 5) is 23.8. The van der Waals surface area contributed by atoms with E-state index in [0.717, 1.165) is 11.8 Å². The third kappa shape index (κ3) is 6.56. The third-order valence-electron chi connectivity index (χ3n) is 2.65.